The molecule has 0 aromatic heterocycles. The summed E-state index contributed by atoms with van der Waals surface area (Å²) >= 11 is 0. The van der Waals surface area contributed by atoms with Crippen LogP contribution < -0.4 is 0 Å². The van der Waals surface area contributed by atoms with Crippen LogP contribution in [0.1, 0.15) is 40.5 Å². The Morgan fingerprint density at radius 2 is 1.46 bits per heavy atom. The molecule has 1 atom stereocenters. The molecule has 0 aromatic rings. The molecule has 10 heteroatoms. The van der Waals surface area contributed by atoms with Gasteiger partial charge in [0.15, 0.2) is 6.61 Å². The van der Waals surface area contributed by atoms with Gasteiger partial charge in [0.2, 0.25) is 0 Å². The van der Waals surface area contributed by atoms with Crippen LogP contribution in [0.4, 0.5) is 26.3 Å². The summed E-state index contributed by atoms with van der Waals surface area (Å²) in [5.74, 6) is -2.72. The molecule has 1 unspecified atom stereocenters. The Hall–Kier alpha value is -1.48. The lowest BCUT2D eigenvalue weighted by Crippen LogP contribution is -2.46. The normalized spacial score (nSPS) is 15.3. The first-order valence-electron chi connectivity index (χ1n) is 7.13. The lowest BCUT2D eigenvalue weighted by atomic mass is 9.80. The van der Waals surface area contributed by atoms with E-state index in [1.807, 2.05) is 13.8 Å². The molecule has 142 valence electrons. The van der Waals surface area contributed by atoms with Gasteiger partial charge in [0.25, 0.3) is 6.10 Å². The van der Waals surface area contributed by atoms with Gasteiger partial charge in [-0.15, -0.1) is 0 Å². The van der Waals surface area contributed by atoms with Gasteiger partial charge in [0.05, 0.1) is 5.41 Å². The SMILES string of the molecule is CCC(C)(CC(C)C)C(=O)OCC(=O)OC(C(F)(F)F)C(F)(F)F. The van der Waals surface area contributed by atoms with Crippen molar-refractivity contribution in [3.63, 3.8) is 0 Å². The fourth-order valence-electron chi connectivity index (χ4n) is 2.06. The molecule has 4 nitrogen and oxygen atoms in total. The number of hydrogen-bond donors (Lipinski definition) is 0. The standard InChI is InChI=1S/C14H20F6O4/c1-5-12(4,6-8(2)3)11(22)23-7-9(21)24-10(13(15,16)17)14(18,19)20/h8,10H,5-7H2,1-4H3. The number of esters is 2. The van der Waals surface area contributed by atoms with E-state index in [-0.39, 0.29) is 5.92 Å². The van der Waals surface area contributed by atoms with Gasteiger partial charge < -0.3 is 9.47 Å². The molecule has 0 aliphatic rings. The van der Waals surface area contributed by atoms with Crippen molar-refractivity contribution >= 4 is 11.9 Å². The van der Waals surface area contributed by atoms with Gasteiger partial charge in [-0.3, -0.25) is 4.79 Å². The second-order valence-electron chi connectivity index (χ2n) is 6.04. The largest absolute Gasteiger partial charge is 0.453 e. The van der Waals surface area contributed by atoms with Gasteiger partial charge in [-0.1, -0.05) is 20.8 Å². The van der Waals surface area contributed by atoms with Crippen LogP contribution in [-0.4, -0.2) is 37.0 Å². The van der Waals surface area contributed by atoms with E-state index in [2.05, 4.69) is 9.47 Å². The molecular weight excluding hydrogens is 346 g/mol. The highest BCUT2D eigenvalue weighted by molar-refractivity contribution is 5.80. The second kappa shape index (κ2) is 8.06. The minimum absolute atomic E-state index is 0.0919. The fourth-order valence-corrected chi connectivity index (χ4v) is 2.06. The van der Waals surface area contributed by atoms with Crippen LogP contribution in [0, 0.1) is 11.3 Å². The number of rotatable bonds is 7. The molecule has 0 aliphatic carbocycles. The highest BCUT2D eigenvalue weighted by Gasteiger charge is 2.59. The zero-order valence-corrected chi connectivity index (χ0v) is 13.7. The smallest absolute Gasteiger partial charge is 0.434 e. The zero-order chi connectivity index (χ0) is 19.3. The van der Waals surface area contributed by atoms with Gasteiger partial charge in [-0.25, -0.2) is 4.79 Å². The van der Waals surface area contributed by atoms with Gasteiger partial charge in [0, 0.05) is 0 Å². The van der Waals surface area contributed by atoms with Crippen LogP contribution in [0.2, 0.25) is 0 Å². The van der Waals surface area contributed by atoms with Crippen LogP contribution >= 0.6 is 0 Å². The average Bonchev–Trinajstić information content (AvgIpc) is 2.38. The lowest BCUT2D eigenvalue weighted by molar-refractivity contribution is -0.313. The van der Waals surface area contributed by atoms with Gasteiger partial charge >= 0.3 is 24.3 Å². The van der Waals surface area contributed by atoms with Crippen LogP contribution in [0.25, 0.3) is 0 Å². The van der Waals surface area contributed by atoms with Gasteiger partial charge in [-0.2, -0.15) is 26.3 Å². The highest BCUT2D eigenvalue weighted by atomic mass is 19.4. The predicted molar refractivity (Wildman–Crippen MR) is 70.8 cm³/mol. The summed E-state index contributed by atoms with van der Waals surface area (Å²) in [5.41, 5.74) is -0.998. The fraction of sp³-hybridized carbons (Fsp3) is 0.857. The van der Waals surface area contributed by atoms with Crippen molar-refractivity contribution in [3.05, 3.63) is 0 Å². The Balaban J connectivity index is 4.81. The number of ether oxygens (including phenoxy) is 2. The van der Waals surface area contributed by atoms with Gasteiger partial charge in [0.1, 0.15) is 0 Å². The summed E-state index contributed by atoms with van der Waals surface area (Å²) in [6, 6.07) is 0. The molecule has 0 amide bonds. The predicted octanol–water partition coefficient (Wildman–Crippen LogP) is 4.03. The Bertz CT molecular complexity index is 430. The van der Waals surface area contributed by atoms with Crippen LogP contribution in [-0.2, 0) is 19.1 Å². The molecule has 0 aromatic carbocycles. The van der Waals surface area contributed by atoms with Crippen molar-refractivity contribution in [2.45, 2.75) is 59.0 Å². The highest BCUT2D eigenvalue weighted by Crippen LogP contribution is 2.36. The number of halogens is 6. The third kappa shape index (κ3) is 6.96. The monoisotopic (exact) mass is 366 g/mol. The number of alkyl halides is 6. The van der Waals surface area contributed by atoms with Crippen molar-refractivity contribution in [2.75, 3.05) is 6.61 Å². The third-order valence-corrected chi connectivity index (χ3v) is 3.30. The summed E-state index contributed by atoms with van der Waals surface area (Å²) in [6.07, 6.45) is -15.2. The Kier molecular flexibility index (Phi) is 7.57. The molecule has 0 saturated carbocycles. The van der Waals surface area contributed by atoms with E-state index in [0.717, 1.165) is 0 Å². The molecule has 0 rings (SSSR count). The van der Waals surface area contributed by atoms with Gasteiger partial charge in [-0.05, 0) is 25.7 Å². The van der Waals surface area contributed by atoms with Crippen molar-refractivity contribution < 1.29 is 45.4 Å². The van der Waals surface area contributed by atoms with E-state index in [1.54, 1.807) is 6.92 Å². The minimum atomic E-state index is -5.81. The maximum absolute atomic E-state index is 12.3. The first-order chi connectivity index (χ1) is 10.6. The van der Waals surface area contributed by atoms with Crippen molar-refractivity contribution in [1.29, 1.82) is 0 Å². The van der Waals surface area contributed by atoms with E-state index < -0.39 is 42.4 Å². The molecule has 0 N–H and O–H groups in total. The average molecular weight is 366 g/mol. The summed E-state index contributed by atoms with van der Waals surface area (Å²) in [5, 5.41) is 0. The molecule has 0 aliphatic heterocycles. The first-order valence-corrected chi connectivity index (χ1v) is 7.13. The molecule has 0 fully saturated rings. The van der Waals surface area contributed by atoms with Crippen LogP contribution in [0.15, 0.2) is 0 Å². The molecule has 0 radical (unpaired) electrons. The maximum atomic E-state index is 12.3. The summed E-state index contributed by atoms with van der Waals surface area (Å²) in [6.45, 7) is 5.54. The second-order valence-corrected chi connectivity index (χ2v) is 6.04. The van der Waals surface area contributed by atoms with Crippen LogP contribution in [0.5, 0.6) is 0 Å². The van der Waals surface area contributed by atoms with E-state index >= 15 is 0 Å². The van der Waals surface area contributed by atoms with Crippen LogP contribution in [0.3, 0.4) is 0 Å². The summed E-state index contributed by atoms with van der Waals surface area (Å²) in [7, 11) is 0. The Morgan fingerprint density at radius 3 is 1.79 bits per heavy atom. The Morgan fingerprint density at radius 1 is 1.00 bits per heavy atom. The Labute approximate surface area is 135 Å². The topological polar surface area (TPSA) is 52.6 Å². The first kappa shape index (κ1) is 22.5. The van der Waals surface area contributed by atoms with Crippen molar-refractivity contribution in [3.8, 4) is 0 Å². The maximum Gasteiger partial charge on any atom is 0.434 e. The van der Waals surface area contributed by atoms with E-state index in [4.69, 9.17) is 0 Å². The number of hydrogen-bond acceptors (Lipinski definition) is 4. The molecule has 0 bridgehead atoms. The van der Waals surface area contributed by atoms with Crippen molar-refractivity contribution in [2.24, 2.45) is 11.3 Å². The molecule has 0 saturated heterocycles. The summed E-state index contributed by atoms with van der Waals surface area (Å²) < 4.78 is 81.5. The lowest BCUT2D eigenvalue weighted by Gasteiger charge is -2.28. The number of carbonyl (C=O) groups excluding carboxylic acids is 2. The minimum Gasteiger partial charge on any atom is -0.453 e. The van der Waals surface area contributed by atoms with E-state index in [0.29, 0.717) is 12.8 Å². The molecule has 0 heterocycles. The molecule has 0 spiro atoms. The van der Waals surface area contributed by atoms with Crippen molar-refractivity contribution in [1.82, 2.24) is 0 Å². The van der Waals surface area contributed by atoms with E-state index in [1.165, 1.54) is 6.92 Å². The zero-order valence-electron chi connectivity index (χ0n) is 13.7. The quantitative estimate of drug-likeness (QED) is 0.504. The third-order valence-electron chi connectivity index (χ3n) is 3.30. The number of carbonyl (C=O) groups is 2. The molecule has 24 heavy (non-hydrogen) atoms. The molecular formula is C14H20F6O4. The van der Waals surface area contributed by atoms with E-state index in [9.17, 15) is 35.9 Å². The summed E-state index contributed by atoms with van der Waals surface area (Å²) in [4.78, 5) is 23.1.